The molecule has 0 atom stereocenters. The molecule has 0 saturated heterocycles. The zero-order valence-corrected chi connectivity index (χ0v) is 43.0. The molecule has 0 fully saturated rings. The Hall–Kier alpha value is -5.11. The Morgan fingerprint density at radius 2 is 0.387 bits per heavy atom. The molecule has 0 saturated carbocycles. The molecule has 0 bridgehead atoms. The summed E-state index contributed by atoms with van der Waals surface area (Å²) in [5.41, 5.74) is 10.4. The summed E-state index contributed by atoms with van der Waals surface area (Å²) in [6.45, 7) is 30.5. The van der Waals surface area contributed by atoms with Crippen molar-refractivity contribution in [2.24, 2.45) is 0 Å². The first-order valence-electron chi connectivity index (χ1n) is 22.6. The van der Waals surface area contributed by atoms with Gasteiger partial charge in [-0.3, -0.25) is 0 Å². The minimum atomic E-state index is -1.77. The van der Waals surface area contributed by atoms with Gasteiger partial charge in [-0.25, -0.2) is 0 Å². The first-order chi connectivity index (χ1) is 29.3. The molecule has 9 aromatic rings. The van der Waals surface area contributed by atoms with Gasteiger partial charge in [0.1, 0.15) is 0 Å². The second kappa shape index (κ2) is 15.3. The van der Waals surface area contributed by atoms with Crippen LogP contribution in [-0.4, -0.2) is 32.3 Å². The number of hydrogen-bond donors (Lipinski definition) is 0. The van der Waals surface area contributed by atoms with Crippen molar-refractivity contribution in [1.82, 2.24) is 0 Å². The monoisotopic (exact) mass is 870 g/mol. The van der Waals surface area contributed by atoms with E-state index in [-0.39, 0.29) is 0 Å². The van der Waals surface area contributed by atoms with Crippen LogP contribution in [0.3, 0.4) is 0 Å². The van der Waals surface area contributed by atoms with E-state index in [1.807, 2.05) is 0 Å². The van der Waals surface area contributed by atoms with E-state index in [1.165, 1.54) is 87.6 Å². The van der Waals surface area contributed by atoms with E-state index in [4.69, 9.17) is 0 Å². The average molecular weight is 871 g/mol. The molecular formula is C58H62Si4. The average Bonchev–Trinajstić information content (AvgIpc) is 3.24. The third-order valence-corrected chi connectivity index (χ3v) is 21.7. The van der Waals surface area contributed by atoms with Crippen molar-refractivity contribution in [3.63, 3.8) is 0 Å². The van der Waals surface area contributed by atoms with E-state index in [2.05, 4.69) is 236 Å². The van der Waals surface area contributed by atoms with Gasteiger partial charge in [-0.15, -0.1) is 0 Å². The van der Waals surface area contributed by atoms with Crippen LogP contribution in [0.5, 0.6) is 0 Å². The van der Waals surface area contributed by atoms with Crippen LogP contribution in [0.4, 0.5) is 0 Å². The Morgan fingerprint density at radius 1 is 0.210 bits per heavy atom. The highest BCUT2D eigenvalue weighted by molar-refractivity contribution is 6.99. The third kappa shape index (κ3) is 7.39. The van der Waals surface area contributed by atoms with Gasteiger partial charge < -0.3 is 0 Å². The molecule has 0 aromatic heterocycles. The van der Waals surface area contributed by atoms with Gasteiger partial charge in [0.2, 0.25) is 0 Å². The smallest absolute Gasteiger partial charge is 0.0656 e. The van der Waals surface area contributed by atoms with E-state index in [0.29, 0.717) is 0 Å². The SMILES string of the molecule is C[Si](C)(C)c1cc2c(-c3ccccc3)c(-c3ccccc3)c3cc4c(-c5ccccc5)c(-c5ccccc5)c5cc([Si](C)(C)C)c([Si](C)(C)C)cc5c4cc3c2cc1[Si](C)(C)C. The summed E-state index contributed by atoms with van der Waals surface area (Å²) in [7, 11) is -7.06. The Balaban J connectivity index is 1.64. The van der Waals surface area contributed by atoms with Crippen LogP contribution < -0.4 is 20.7 Å². The van der Waals surface area contributed by atoms with Gasteiger partial charge in [-0.2, -0.15) is 0 Å². The molecule has 0 aliphatic carbocycles. The normalized spacial score (nSPS) is 12.8. The first-order valence-corrected chi connectivity index (χ1v) is 36.6. The van der Waals surface area contributed by atoms with E-state index in [9.17, 15) is 0 Å². The lowest BCUT2D eigenvalue weighted by atomic mass is 9.81. The van der Waals surface area contributed by atoms with Gasteiger partial charge in [0.25, 0.3) is 0 Å². The van der Waals surface area contributed by atoms with Crippen LogP contribution in [0, 0.1) is 0 Å². The van der Waals surface area contributed by atoms with Crippen molar-refractivity contribution >= 4 is 96.1 Å². The van der Waals surface area contributed by atoms with Crippen molar-refractivity contribution in [3.05, 3.63) is 158 Å². The van der Waals surface area contributed by atoms with E-state index >= 15 is 0 Å². The summed E-state index contributed by atoms with van der Waals surface area (Å²) in [5, 5.41) is 17.3. The first kappa shape index (κ1) is 42.2. The van der Waals surface area contributed by atoms with Crippen molar-refractivity contribution in [2.75, 3.05) is 0 Å². The van der Waals surface area contributed by atoms with Gasteiger partial charge in [0, 0.05) is 0 Å². The molecule has 4 heteroatoms. The minimum Gasteiger partial charge on any atom is -0.0656 e. The third-order valence-electron chi connectivity index (χ3n) is 13.1. The highest BCUT2D eigenvalue weighted by Crippen LogP contribution is 2.50. The number of benzene rings is 9. The zero-order chi connectivity index (χ0) is 43.9. The maximum Gasteiger partial charge on any atom is 0.0774 e. The molecule has 310 valence electrons. The molecule has 0 aliphatic heterocycles. The fourth-order valence-electron chi connectivity index (χ4n) is 10.2. The van der Waals surface area contributed by atoms with Gasteiger partial charge in [0.15, 0.2) is 0 Å². The molecule has 0 radical (unpaired) electrons. The number of rotatable bonds is 8. The van der Waals surface area contributed by atoms with Crippen LogP contribution in [0.15, 0.2) is 158 Å². The minimum absolute atomic E-state index is 1.26. The summed E-state index contributed by atoms with van der Waals surface area (Å²) in [4.78, 5) is 0. The van der Waals surface area contributed by atoms with Crippen LogP contribution >= 0.6 is 0 Å². The second-order valence-electron chi connectivity index (χ2n) is 21.8. The van der Waals surface area contributed by atoms with E-state index in [1.54, 1.807) is 20.7 Å². The standard InChI is InChI=1S/C58H62Si4/c1-59(2,3)51-35-45-43-33-44-46-36-52(60(4,5)6)54(62(10,11)12)38-50(46)58(42-31-23-16-24-32-42)56(40-27-19-14-20-28-40)48(44)34-47(43)55(39-25-17-13-18-26-39)57(41-29-21-15-22-30-41)49(45)37-53(51)61(7,8)9/h13-38H,1-12H3. The lowest BCUT2D eigenvalue weighted by Crippen LogP contribution is -2.56. The summed E-state index contributed by atoms with van der Waals surface area (Å²) >= 11 is 0. The van der Waals surface area contributed by atoms with Gasteiger partial charge in [0.05, 0.1) is 32.3 Å². The summed E-state index contributed by atoms with van der Waals surface area (Å²) in [6.07, 6.45) is 0. The lowest BCUT2D eigenvalue weighted by Gasteiger charge is -2.31. The van der Waals surface area contributed by atoms with E-state index < -0.39 is 32.3 Å². The molecule has 0 nitrogen and oxygen atoms in total. The van der Waals surface area contributed by atoms with Gasteiger partial charge >= 0.3 is 0 Å². The summed E-state index contributed by atoms with van der Waals surface area (Å²) < 4.78 is 0. The number of fused-ring (bicyclic) bond motifs is 6. The fraction of sp³-hybridized carbons (Fsp3) is 0.207. The van der Waals surface area contributed by atoms with Crippen LogP contribution in [0.1, 0.15) is 0 Å². The molecule has 62 heavy (non-hydrogen) atoms. The summed E-state index contributed by atoms with van der Waals surface area (Å²) in [5.74, 6) is 0. The molecule has 0 amide bonds. The Kier molecular flexibility index (Phi) is 10.4. The maximum atomic E-state index is 2.68. The molecule has 9 rings (SSSR count). The maximum absolute atomic E-state index is 2.68. The molecular weight excluding hydrogens is 809 g/mol. The van der Waals surface area contributed by atoms with Gasteiger partial charge in [-0.05, 0) is 99.7 Å². The van der Waals surface area contributed by atoms with Crippen molar-refractivity contribution < 1.29 is 0 Å². The van der Waals surface area contributed by atoms with Crippen LogP contribution in [0.2, 0.25) is 78.6 Å². The predicted octanol–water partition coefficient (Wildman–Crippen LogP) is 15.1. The van der Waals surface area contributed by atoms with Gasteiger partial charge in [-0.1, -0.05) is 245 Å². The largest absolute Gasteiger partial charge is 0.0774 e. The topological polar surface area (TPSA) is 0 Å². The zero-order valence-electron chi connectivity index (χ0n) is 39.0. The predicted molar refractivity (Wildman–Crippen MR) is 290 cm³/mol. The van der Waals surface area contributed by atoms with Crippen molar-refractivity contribution in [2.45, 2.75) is 78.6 Å². The van der Waals surface area contributed by atoms with Crippen molar-refractivity contribution in [3.8, 4) is 44.5 Å². The molecule has 0 aliphatic rings. The quantitative estimate of drug-likeness (QED) is 0.0811. The Bertz CT molecular complexity index is 2950. The summed E-state index contributed by atoms with van der Waals surface area (Å²) in [6, 6.07) is 61.0. The number of hydrogen-bond acceptors (Lipinski definition) is 0. The second-order valence-corrected chi connectivity index (χ2v) is 41.9. The van der Waals surface area contributed by atoms with Crippen LogP contribution in [-0.2, 0) is 0 Å². The Labute approximate surface area is 374 Å². The van der Waals surface area contributed by atoms with Crippen LogP contribution in [0.25, 0.3) is 87.6 Å². The van der Waals surface area contributed by atoms with E-state index in [0.717, 1.165) is 0 Å². The molecule has 0 unspecified atom stereocenters. The highest BCUT2D eigenvalue weighted by atomic mass is 28.3. The molecule has 9 aromatic carbocycles. The lowest BCUT2D eigenvalue weighted by molar-refractivity contribution is 1.62. The highest BCUT2D eigenvalue weighted by Gasteiger charge is 2.32. The molecule has 0 N–H and O–H groups in total. The molecule has 0 heterocycles. The Morgan fingerprint density at radius 3 is 0.613 bits per heavy atom. The van der Waals surface area contributed by atoms with Crippen molar-refractivity contribution in [1.29, 1.82) is 0 Å². The molecule has 0 spiro atoms. The fourth-order valence-corrected chi connectivity index (χ4v) is 20.5.